The molecule has 1 aliphatic rings. The molecule has 140 valence electrons. The monoisotopic (exact) mass is 373 g/mol. The van der Waals surface area contributed by atoms with Crippen LogP contribution in [0.5, 0.6) is 5.75 Å². The van der Waals surface area contributed by atoms with Crippen molar-refractivity contribution in [2.75, 3.05) is 26.2 Å². The standard InChI is InChI=1S/C21H28ClN3O/c1-2-9-25-10-7-17(15-25)12-24-14-19-11-20(22)5-6-21(19)26-16-18-4-3-8-23-13-18/h3-6,8,11,13,17,24H,2,7,9-10,12,14-16H2,1H3. The van der Waals surface area contributed by atoms with Gasteiger partial charge in [-0.1, -0.05) is 24.6 Å². The summed E-state index contributed by atoms with van der Waals surface area (Å²) in [5.74, 6) is 1.62. The van der Waals surface area contributed by atoms with Crippen molar-refractivity contribution in [2.24, 2.45) is 5.92 Å². The highest BCUT2D eigenvalue weighted by Crippen LogP contribution is 2.24. The fourth-order valence-corrected chi connectivity index (χ4v) is 3.68. The highest BCUT2D eigenvalue weighted by Gasteiger charge is 2.21. The molecule has 1 aliphatic heterocycles. The van der Waals surface area contributed by atoms with E-state index in [0.717, 1.165) is 40.9 Å². The average Bonchev–Trinajstić information content (AvgIpc) is 3.10. The van der Waals surface area contributed by atoms with E-state index in [1.165, 1.54) is 32.5 Å². The summed E-state index contributed by atoms with van der Waals surface area (Å²) in [5.41, 5.74) is 2.16. The second-order valence-corrected chi connectivity index (χ2v) is 7.42. The van der Waals surface area contributed by atoms with Crippen molar-refractivity contribution in [3.05, 3.63) is 58.9 Å². The molecule has 0 bridgehead atoms. The summed E-state index contributed by atoms with van der Waals surface area (Å²) in [5, 5.41) is 4.34. The van der Waals surface area contributed by atoms with Crippen LogP contribution in [-0.4, -0.2) is 36.1 Å². The fourth-order valence-electron chi connectivity index (χ4n) is 3.48. The Bertz CT molecular complexity index is 680. The van der Waals surface area contributed by atoms with Gasteiger partial charge in [-0.2, -0.15) is 0 Å². The number of hydrogen-bond acceptors (Lipinski definition) is 4. The van der Waals surface area contributed by atoms with Crippen molar-refractivity contribution < 1.29 is 4.74 Å². The SMILES string of the molecule is CCCN1CCC(CNCc2cc(Cl)ccc2OCc2cccnc2)C1. The summed E-state index contributed by atoms with van der Waals surface area (Å²) in [4.78, 5) is 6.69. The number of hydrogen-bond donors (Lipinski definition) is 1. The van der Waals surface area contributed by atoms with Crippen LogP contribution in [0.1, 0.15) is 30.9 Å². The molecule has 1 aromatic heterocycles. The Morgan fingerprint density at radius 2 is 2.27 bits per heavy atom. The van der Waals surface area contributed by atoms with Gasteiger partial charge >= 0.3 is 0 Å². The molecular formula is C21H28ClN3O. The highest BCUT2D eigenvalue weighted by molar-refractivity contribution is 6.30. The fraction of sp³-hybridized carbons (Fsp3) is 0.476. The van der Waals surface area contributed by atoms with Gasteiger partial charge in [0.25, 0.3) is 0 Å². The van der Waals surface area contributed by atoms with Crippen LogP contribution in [0, 0.1) is 5.92 Å². The van der Waals surface area contributed by atoms with Crippen LogP contribution in [-0.2, 0) is 13.2 Å². The Hall–Kier alpha value is -1.62. The third-order valence-electron chi connectivity index (χ3n) is 4.80. The zero-order valence-corrected chi connectivity index (χ0v) is 16.2. The van der Waals surface area contributed by atoms with E-state index in [0.29, 0.717) is 6.61 Å². The number of aromatic nitrogens is 1. The number of rotatable bonds is 9. The largest absolute Gasteiger partial charge is 0.489 e. The second-order valence-electron chi connectivity index (χ2n) is 6.99. The van der Waals surface area contributed by atoms with Crippen molar-refractivity contribution in [1.29, 1.82) is 0 Å². The molecule has 0 radical (unpaired) electrons. The molecule has 0 aliphatic carbocycles. The van der Waals surface area contributed by atoms with Crippen molar-refractivity contribution in [2.45, 2.75) is 32.9 Å². The van der Waals surface area contributed by atoms with Gasteiger partial charge in [0.2, 0.25) is 0 Å². The van der Waals surface area contributed by atoms with E-state index < -0.39 is 0 Å². The van der Waals surface area contributed by atoms with Crippen molar-refractivity contribution in [3.8, 4) is 5.75 Å². The van der Waals surface area contributed by atoms with Crippen LogP contribution in [0.2, 0.25) is 5.02 Å². The summed E-state index contributed by atoms with van der Waals surface area (Å²) in [7, 11) is 0. The summed E-state index contributed by atoms with van der Waals surface area (Å²) in [6.45, 7) is 8.23. The predicted octanol–water partition coefficient (Wildman–Crippen LogP) is 4.14. The quantitative estimate of drug-likeness (QED) is 0.717. The van der Waals surface area contributed by atoms with E-state index in [2.05, 4.69) is 22.1 Å². The molecule has 4 nitrogen and oxygen atoms in total. The Morgan fingerprint density at radius 1 is 1.35 bits per heavy atom. The molecule has 1 atom stereocenters. The summed E-state index contributed by atoms with van der Waals surface area (Å²) in [6, 6.07) is 9.76. The third-order valence-corrected chi connectivity index (χ3v) is 5.03. The zero-order valence-electron chi connectivity index (χ0n) is 15.5. The molecule has 1 N–H and O–H groups in total. The molecule has 1 aromatic carbocycles. The van der Waals surface area contributed by atoms with Crippen molar-refractivity contribution in [3.63, 3.8) is 0 Å². The Morgan fingerprint density at radius 3 is 3.08 bits per heavy atom. The summed E-state index contributed by atoms with van der Waals surface area (Å²) < 4.78 is 6.00. The smallest absolute Gasteiger partial charge is 0.124 e. The molecule has 1 fully saturated rings. The van der Waals surface area contributed by atoms with Gasteiger partial charge in [0.1, 0.15) is 12.4 Å². The van der Waals surface area contributed by atoms with Crippen LogP contribution < -0.4 is 10.1 Å². The summed E-state index contributed by atoms with van der Waals surface area (Å²) in [6.07, 6.45) is 6.12. The van der Waals surface area contributed by atoms with E-state index in [9.17, 15) is 0 Å². The molecule has 2 aromatic rings. The Kier molecular flexibility index (Phi) is 7.30. The van der Waals surface area contributed by atoms with E-state index >= 15 is 0 Å². The minimum atomic E-state index is 0.511. The molecule has 1 saturated heterocycles. The first kappa shape index (κ1) is 19.2. The van der Waals surface area contributed by atoms with Gasteiger partial charge in [-0.15, -0.1) is 0 Å². The lowest BCUT2D eigenvalue weighted by Gasteiger charge is -2.16. The first-order chi connectivity index (χ1) is 12.7. The first-order valence-corrected chi connectivity index (χ1v) is 9.85. The number of ether oxygens (including phenoxy) is 1. The minimum absolute atomic E-state index is 0.511. The van der Waals surface area contributed by atoms with Crippen LogP contribution in [0.15, 0.2) is 42.7 Å². The van der Waals surface area contributed by atoms with Crippen LogP contribution in [0.25, 0.3) is 0 Å². The predicted molar refractivity (Wildman–Crippen MR) is 107 cm³/mol. The molecule has 5 heteroatoms. The average molecular weight is 374 g/mol. The maximum atomic E-state index is 6.19. The molecule has 3 rings (SSSR count). The minimum Gasteiger partial charge on any atom is -0.489 e. The maximum absolute atomic E-state index is 6.19. The van der Waals surface area contributed by atoms with Crippen LogP contribution >= 0.6 is 11.6 Å². The molecule has 0 spiro atoms. The first-order valence-electron chi connectivity index (χ1n) is 9.47. The molecule has 26 heavy (non-hydrogen) atoms. The van der Waals surface area contributed by atoms with Gasteiger partial charge in [0, 0.05) is 41.6 Å². The van der Waals surface area contributed by atoms with Crippen molar-refractivity contribution in [1.82, 2.24) is 15.2 Å². The van der Waals surface area contributed by atoms with Gasteiger partial charge < -0.3 is 15.0 Å². The maximum Gasteiger partial charge on any atom is 0.124 e. The Labute approximate surface area is 161 Å². The number of pyridine rings is 1. The third kappa shape index (κ3) is 5.70. The second kappa shape index (κ2) is 9.91. The van der Waals surface area contributed by atoms with Crippen LogP contribution in [0.4, 0.5) is 0 Å². The van der Waals surface area contributed by atoms with E-state index in [1.54, 1.807) is 6.20 Å². The number of nitrogens with one attached hydrogen (secondary N) is 1. The number of benzene rings is 1. The van der Waals surface area contributed by atoms with Gasteiger partial charge in [0.15, 0.2) is 0 Å². The highest BCUT2D eigenvalue weighted by atomic mass is 35.5. The van der Waals surface area contributed by atoms with E-state index in [-0.39, 0.29) is 0 Å². The Balaban J connectivity index is 1.51. The number of nitrogens with zero attached hydrogens (tertiary/aromatic N) is 2. The number of halogens is 1. The lowest BCUT2D eigenvalue weighted by Crippen LogP contribution is -2.26. The van der Waals surface area contributed by atoms with Gasteiger partial charge in [-0.05, 0) is 62.7 Å². The lowest BCUT2D eigenvalue weighted by atomic mass is 10.1. The topological polar surface area (TPSA) is 37.4 Å². The molecule has 0 saturated carbocycles. The van der Waals surface area contributed by atoms with Gasteiger partial charge in [-0.3, -0.25) is 4.98 Å². The lowest BCUT2D eigenvalue weighted by molar-refractivity contribution is 0.300. The van der Waals surface area contributed by atoms with Gasteiger partial charge in [-0.25, -0.2) is 0 Å². The van der Waals surface area contributed by atoms with E-state index in [4.69, 9.17) is 16.3 Å². The molecule has 1 unspecified atom stereocenters. The molecular weight excluding hydrogens is 346 g/mol. The summed E-state index contributed by atoms with van der Waals surface area (Å²) >= 11 is 6.19. The zero-order chi connectivity index (χ0) is 18.2. The molecule has 2 heterocycles. The van der Waals surface area contributed by atoms with Gasteiger partial charge in [0.05, 0.1) is 0 Å². The van der Waals surface area contributed by atoms with Crippen LogP contribution in [0.3, 0.4) is 0 Å². The van der Waals surface area contributed by atoms with E-state index in [1.807, 2.05) is 36.5 Å². The molecule has 0 amide bonds. The number of likely N-dealkylation sites (tertiary alicyclic amines) is 1. The normalized spacial score (nSPS) is 17.5. The van der Waals surface area contributed by atoms with Crippen molar-refractivity contribution >= 4 is 11.6 Å².